The van der Waals surface area contributed by atoms with Gasteiger partial charge in [0.2, 0.25) is 0 Å². The number of anilines is 2. The predicted molar refractivity (Wildman–Crippen MR) is 109 cm³/mol. The number of piperidine rings is 1. The fourth-order valence-electron chi connectivity index (χ4n) is 3.96. The second kappa shape index (κ2) is 8.51. The summed E-state index contributed by atoms with van der Waals surface area (Å²) in [5, 5.41) is 9.60. The van der Waals surface area contributed by atoms with Gasteiger partial charge in [-0.15, -0.1) is 0 Å². The van der Waals surface area contributed by atoms with Crippen molar-refractivity contribution in [1.82, 2.24) is 14.9 Å². The van der Waals surface area contributed by atoms with E-state index in [0.717, 1.165) is 57.0 Å². The van der Waals surface area contributed by atoms with Gasteiger partial charge in [0.1, 0.15) is 23.6 Å². The molecule has 28 heavy (non-hydrogen) atoms. The van der Waals surface area contributed by atoms with E-state index in [1.54, 1.807) is 11.2 Å². The molecule has 0 unspecified atom stereocenters. The summed E-state index contributed by atoms with van der Waals surface area (Å²) in [6, 6.07) is 2.22. The van der Waals surface area contributed by atoms with Crippen LogP contribution >= 0.6 is 0 Å². The first-order valence-corrected chi connectivity index (χ1v) is 10.2. The van der Waals surface area contributed by atoms with Crippen molar-refractivity contribution in [2.45, 2.75) is 64.1 Å². The molecule has 2 aliphatic rings. The lowest BCUT2D eigenvalue weighted by Crippen LogP contribution is -2.50. The van der Waals surface area contributed by atoms with E-state index in [0.29, 0.717) is 0 Å². The van der Waals surface area contributed by atoms with Gasteiger partial charge in [0.15, 0.2) is 0 Å². The van der Waals surface area contributed by atoms with Gasteiger partial charge in [-0.1, -0.05) is 0 Å². The number of aromatic nitrogens is 2. The van der Waals surface area contributed by atoms with Gasteiger partial charge < -0.3 is 24.5 Å². The molecule has 1 aromatic heterocycles. The van der Waals surface area contributed by atoms with Gasteiger partial charge >= 0.3 is 6.09 Å². The lowest BCUT2D eigenvalue weighted by molar-refractivity contribution is 0.0209. The molecule has 156 valence electrons. The molecule has 0 aromatic carbocycles. The second-order valence-corrected chi connectivity index (χ2v) is 8.74. The number of hydrogen-bond donors (Lipinski definition) is 1. The maximum absolute atomic E-state index is 12.4. The topological polar surface area (TPSA) is 82.0 Å². The summed E-state index contributed by atoms with van der Waals surface area (Å²) >= 11 is 0. The normalized spacial score (nSPS) is 23.0. The number of nitrogens with zero attached hydrogens (tertiary/aromatic N) is 5. The molecule has 0 bridgehead atoms. The highest BCUT2D eigenvalue weighted by atomic mass is 16.6. The Labute approximate surface area is 167 Å². The Morgan fingerprint density at radius 2 is 1.96 bits per heavy atom. The van der Waals surface area contributed by atoms with Crippen molar-refractivity contribution < 1.29 is 14.6 Å². The molecule has 2 fully saturated rings. The van der Waals surface area contributed by atoms with Crippen molar-refractivity contribution >= 4 is 17.7 Å². The van der Waals surface area contributed by atoms with E-state index in [-0.39, 0.29) is 24.8 Å². The van der Waals surface area contributed by atoms with E-state index in [1.807, 2.05) is 33.9 Å². The van der Waals surface area contributed by atoms with Gasteiger partial charge in [-0.3, -0.25) is 0 Å². The van der Waals surface area contributed by atoms with Crippen molar-refractivity contribution in [2.75, 3.05) is 43.1 Å². The first kappa shape index (κ1) is 20.6. The highest BCUT2D eigenvalue weighted by Crippen LogP contribution is 2.27. The largest absolute Gasteiger partial charge is 0.444 e. The van der Waals surface area contributed by atoms with Crippen LogP contribution in [0.25, 0.3) is 0 Å². The molecule has 2 saturated heterocycles. The lowest BCUT2D eigenvalue weighted by Gasteiger charge is -2.38. The summed E-state index contributed by atoms with van der Waals surface area (Å²) in [6.45, 7) is 8.32. The number of ether oxygens (including phenoxy) is 1. The van der Waals surface area contributed by atoms with Crippen LogP contribution in [0.5, 0.6) is 0 Å². The Morgan fingerprint density at radius 1 is 1.25 bits per heavy atom. The minimum absolute atomic E-state index is 0.0824. The third kappa shape index (κ3) is 4.84. The van der Waals surface area contributed by atoms with E-state index in [2.05, 4.69) is 19.8 Å². The molecule has 3 heterocycles. The third-order valence-electron chi connectivity index (χ3n) is 5.47. The van der Waals surface area contributed by atoms with Crippen molar-refractivity contribution in [3.63, 3.8) is 0 Å². The molecule has 1 aromatic rings. The molecular weight excluding hydrogens is 358 g/mol. The van der Waals surface area contributed by atoms with Crippen molar-refractivity contribution in [1.29, 1.82) is 0 Å². The fourth-order valence-corrected chi connectivity index (χ4v) is 3.96. The molecule has 0 saturated carbocycles. The standard InChI is InChI=1S/C20H33N5O3/c1-20(2,3)28-19(27)23(4)15-7-5-9-24(12-15)17-11-18(22-14-21-17)25-10-6-8-16(25)13-26/h11,14-16,26H,5-10,12-13H2,1-4H3/t15-,16-/m1/s1. The van der Waals surface area contributed by atoms with E-state index < -0.39 is 5.60 Å². The van der Waals surface area contributed by atoms with E-state index in [4.69, 9.17) is 4.74 Å². The number of amides is 1. The van der Waals surface area contributed by atoms with Gasteiger partial charge in [-0.05, 0) is 46.5 Å². The minimum atomic E-state index is -0.500. The van der Waals surface area contributed by atoms with Crippen molar-refractivity contribution in [3.8, 4) is 0 Å². The Balaban J connectivity index is 1.69. The Bertz CT molecular complexity index is 678. The highest BCUT2D eigenvalue weighted by molar-refractivity contribution is 5.68. The molecule has 0 radical (unpaired) electrons. The van der Waals surface area contributed by atoms with Crippen LogP contribution in [-0.4, -0.2) is 77.0 Å². The molecular formula is C20H33N5O3. The van der Waals surface area contributed by atoms with Gasteiger partial charge in [0, 0.05) is 32.7 Å². The summed E-state index contributed by atoms with van der Waals surface area (Å²) in [5.74, 6) is 1.74. The van der Waals surface area contributed by atoms with Gasteiger partial charge in [0.05, 0.1) is 18.7 Å². The van der Waals surface area contributed by atoms with Crippen molar-refractivity contribution in [2.24, 2.45) is 0 Å². The summed E-state index contributed by atoms with van der Waals surface area (Å²) < 4.78 is 5.52. The van der Waals surface area contributed by atoms with Crippen LogP contribution in [0.1, 0.15) is 46.5 Å². The van der Waals surface area contributed by atoms with E-state index in [1.165, 1.54) is 0 Å². The zero-order valence-electron chi connectivity index (χ0n) is 17.5. The molecule has 2 atom stereocenters. The number of carbonyl (C=O) groups is 1. The van der Waals surface area contributed by atoms with Crippen LogP contribution in [0, 0.1) is 0 Å². The Kier molecular flexibility index (Phi) is 6.27. The molecule has 1 amide bonds. The van der Waals surface area contributed by atoms with E-state index in [9.17, 15) is 9.90 Å². The van der Waals surface area contributed by atoms with Crippen LogP contribution in [0.4, 0.5) is 16.4 Å². The number of rotatable bonds is 4. The Morgan fingerprint density at radius 3 is 2.68 bits per heavy atom. The number of hydrogen-bond acceptors (Lipinski definition) is 7. The monoisotopic (exact) mass is 391 g/mol. The molecule has 8 nitrogen and oxygen atoms in total. The average Bonchev–Trinajstić information content (AvgIpc) is 3.15. The van der Waals surface area contributed by atoms with Crippen LogP contribution in [0.3, 0.4) is 0 Å². The summed E-state index contributed by atoms with van der Waals surface area (Å²) in [4.78, 5) is 27.4. The van der Waals surface area contributed by atoms with E-state index >= 15 is 0 Å². The van der Waals surface area contributed by atoms with Crippen LogP contribution in [-0.2, 0) is 4.74 Å². The third-order valence-corrected chi connectivity index (χ3v) is 5.47. The van der Waals surface area contributed by atoms with Crippen molar-refractivity contribution in [3.05, 3.63) is 12.4 Å². The smallest absolute Gasteiger partial charge is 0.410 e. The van der Waals surface area contributed by atoms with Crippen LogP contribution in [0.2, 0.25) is 0 Å². The number of aliphatic hydroxyl groups is 1. The average molecular weight is 392 g/mol. The summed E-state index contributed by atoms with van der Waals surface area (Å²) in [6.07, 6.45) is 5.30. The SMILES string of the molecule is CN(C(=O)OC(C)(C)C)[C@@H]1CCCN(c2cc(N3CCC[C@@H]3CO)ncn2)C1. The van der Waals surface area contributed by atoms with Crippen LogP contribution < -0.4 is 9.80 Å². The molecule has 2 aliphatic heterocycles. The summed E-state index contributed by atoms with van der Waals surface area (Å²) in [5.41, 5.74) is -0.500. The number of carbonyl (C=O) groups excluding carboxylic acids is 1. The maximum Gasteiger partial charge on any atom is 0.410 e. The summed E-state index contributed by atoms with van der Waals surface area (Å²) in [7, 11) is 1.81. The molecule has 0 aliphatic carbocycles. The fraction of sp³-hybridized carbons (Fsp3) is 0.750. The number of likely N-dealkylation sites (N-methyl/N-ethyl adjacent to an activating group) is 1. The Hall–Kier alpha value is -2.09. The van der Waals surface area contributed by atoms with Gasteiger partial charge in [-0.2, -0.15) is 0 Å². The van der Waals surface area contributed by atoms with Crippen LogP contribution in [0.15, 0.2) is 12.4 Å². The molecule has 0 spiro atoms. The highest BCUT2D eigenvalue weighted by Gasteiger charge is 2.30. The van der Waals surface area contributed by atoms with Gasteiger partial charge in [0.25, 0.3) is 0 Å². The molecule has 3 rings (SSSR count). The minimum Gasteiger partial charge on any atom is -0.444 e. The quantitative estimate of drug-likeness (QED) is 0.843. The first-order chi connectivity index (χ1) is 13.3. The molecule has 8 heteroatoms. The lowest BCUT2D eigenvalue weighted by atomic mass is 10.0. The second-order valence-electron chi connectivity index (χ2n) is 8.74. The molecule has 1 N–H and O–H groups in total. The number of aliphatic hydroxyl groups excluding tert-OH is 1. The maximum atomic E-state index is 12.4. The zero-order valence-corrected chi connectivity index (χ0v) is 17.5. The first-order valence-electron chi connectivity index (χ1n) is 10.2. The zero-order chi connectivity index (χ0) is 20.3. The predicted octanol–water partition coefficient (Wildman–Crippen LogP) is 2.27. The van der Waals surface area contributed by atoms with Gasteiger partial charge in [-0.25, -0.2) is 14.8 Å².